The summed E-state index contributed by atoms with van der Waals surface area (Å²) in [6.07, 6.45) is 3.06. The van der Waals surface area contributed by atoms with Crippen LogP contribution in [0.3, 0.4) is 0 Å². The van der Waals surface area contributed by atoms with Gasteiger partial charge in [-0.15, -0.1) is 0 Å². The van der Waals surface area contributed by atoms with Crippen LogP contribution in [0.2, 0.25) is 5.02 Å². The lowest BCUT2D eigenvalue weighted by molar-refractivity contribution is 0.0929. The Balaban J connectivity index is 1.73. The Labute approximate surface area is 174 Å². The predicted molar refractivity (Wildman–Crippen MR) is 113 cm³/mol. The van der Waals surface area contributed by atoms with Crippen molar-refractivity contribution in [1.82, 2.24) is 5.43 Å². The molecule has 6 nitrogen and oxygen atoms in total. The van der Waals surface area contributed by atoms with E-state index in [2.05, 4.69) is 33.0 Å². The van der Waals surface area contributed by atoms with Gasteiger partial charge in [-0.05, 0) is 42.0 Å². The average Bonchev–Trinajstić information content (AvgIpc) is 3.10. The van der Waals surface area contributed by atoms with Crippen LogP contribution in [-0.4, -0.2) is 25.8 Å². The van der Waals surface area contributed by atoms with Gasteiger partial charge in [0.05, 0.1) is 18.3 Å². The highest BCUT2D eigenvalue weighted by Crippen LogP contribution is 2.36. The molecule has 0 spiro atoms. The van der Waals surface area contributed by atoms with E-state index in [1.807, 2.05) is 12.1 Å². The van der Waals surface area contributed by atoms with Gasteiger partial charge in [-0.3, -0.25) is 4.79 Å². The number of benzene rings is 2. The van der Waals surface area contributed by atoms with Gasteiger partial charge in [0.15, 0.2) is 17.3 Å². The van der Waals surface area contributed by atoms with Gasteiger partial charge in [0, 0.05) is 9.86 Å². The molecule has 0 aliphatic rings. The molecule has 0 aliphatic carbocycles. The van der Waals surface area contributed by atoms with E-state index in [1.54, 1.807) is 30.3 Å². The van der Waals surface area contributed by atoms with E-state index in [1.165, 1.54) is 13.3 Å². The summed E-state index contributed by atoms with van der Waals surface area (Å²) in [5, 5.41) is 5.12. The Morgan fingerprint density at radius 2 is 2.18 bits per heavy atom. The van der Waals surface area contributed by atoms with Gasteiger partial charge >= 0.3 is 5.91 Å². The molecule has 1 amide bonds. The maximum Gasteiger partial charge on any atom is 0.307 e. The van der Waals surface area contributed by atoms with Crippen LogP contribution >= 0.6 is 27.5 Å². The van der Waals surface area contributed by atoms with Crippen LogP contribution in [0.1, 0.15) is 16.1 Å². The number of furan rings is 1. The molecular weight excluding hydrogens is 448 g/mol. The summed E-state index contributed by atoms with van der Waals surface area (Å²) in [5.41, 5.74) is 3.67. The van der Waals surface area contributed by atoms with Gasteiger partial charge in [0.1, 0.15) is 12.2 Å². The fraction of sp³-hybridized carbons (Fsp3) is 0.100. The average molecular weight is 464 g/mol. The number of nitrogens with one attached hydrogen (secondary N) is 1. The highest BCUT2D eigenvalue weighted by atomic mass is 79.9. The van der Waals surface area contributed by atoms with Crippen LogP contribution in [0.15, 0.2) is 63.0 Å². The van der Waals surface area contributed by atoms with Crippen molar-refractivity contribution < 1.29 is 18.7 Å². The molecule has 0 atom stereocenters. The normalized spacial score (nSPS) is 11.0. The minimum Gasteiger partial charge on any atom is -0.493 e. The molecule has 28 heavy (non-hydrogen) atoms. The lowest BCUT2D eigenvalue weighted by Crippen LogP contribution is -2.16. The van der Waals surface area contributed by atoms with E-state index in [0.717, 1.165) is 9.86 Å². The van der Waals surface area contributed by atoms with Crippen LogP contribution in [0.25, 0.3) is 11.0 Å². The monoisotopic (exact) mass is 462 g/mol. The van der Waals surface area contributed by atoms with Gasteiger partial charge in [-0.25, -0.2) is 5.43 Å². The van der Waals surface area contributed by atoms with Crippen LogP contribution in [0.4, 0.5) is 0 Å². The molecule has 3 aromatic rings. The lowest BCUT2D eigenvalue weighted by atomic mass is 10.2. The molecule has 8 heteroatoms. The zero-order valence-corrected chi connectivity index (χ0v) is 17.2. The Hall–Kier alpha value is -2.77. The molecule has 0 saturated heterocycles. The van der Waals surface area contributed by atoms with E-state index in [9.17, 15) is 4.79 Å². The number of hydrogen-bond acceptors (Lipinski definition) is 5. The number of hydrazone groups is 1. The van der Waals surface area contributed by atoms with Gasteiger partial charge in [0.2, 0.25) is 0 Å². The van der Waals surface area contributed by atoms with Crippen LogP contribution in [0, 0.1) is 0 Å². The third-order valence-corrected chi connectivity index (χ3v) is 4.45. The number of carbonyl (C=O) groups is 1. The van der Waals surface area contributed by atoms with Gasteiger partial charge < -0.3 is 13.9 Å². The van der Waals surface area contributed by atoms with Crippen molar-refractivity contribution in [3.05, 3.63) is 69.9 Å². The summed E-state index contributed by atoms with van der Waals surface area (Å²) in [4.78, 5) is 12.2. The molecule has 1 aromatic heterocycles. The molecule has 1 N–H and O–H groups in total. The van der Waals surface area contributed by atoms with Crippen LogP contribution < -0.4 is 14.9 Å². The zero-order chi connectivity index (χ0) is 20.1. The summed E-state index contributed by atoms with van der Waals surface area (Å²) in [6, 6.07) is 10.5. The number of halogens is 2. The van der Waals surface area contributed by atoms with Crippen molar-refractivity contribution >= 4 is 50.6 Å². The molecule has 0 saturated carbocycles. The molecule has 0 bridgehead atoms. The molecule has 3 rings (SSSR count). The van der Waals surface area contributed by atoms with E-state index in [-0.39, 0.29) is 5.76 Å². The standard InChI is InChI=1S/C20H16BrClN2O4/c1-3-6-27-19-15(22)7-12(8-17(19)26-2)11-23-24-20(25)18-10-13-9-14(21)4-5-16(13)28-18/h3-5,7-11H,1,6H2,2H3,(H,24,25)/b23-11+. The predicted octanol–water partition coefficient (Wildman–Crippen LogP) is 5.19. The Morgan fingerprint density at radius 3 is 2.93 bits per heavy atom. The van der Waals surface area contributed by atoms with Gasteiger partial charge in [-0.1, -0.05) is 40.2 Å². The number of carbonyl (C=O) groups excluding carboxylic acids is 1. The molecule has 0 aliphatic heterocycles. The third-order valence-electron chi connectivity index (χ3n) is 3.68. The fourth-order valence-corrected chi connectivity index (χ4v) is 3.10. The van der Waals surface area contributed by atoms with E-state index in [4.69, 9.17) is 25.5 Å². The van der Waals surface area contributed by atoms with Crippen molar-refractivity contribution in [1.29, 1.82) is 0 Å². The summed E-state index contributed by atoms with van der Waals surface area (Å²) in [6.45, 7) is 3.90. The van der Waals surface area contributed by atoms with Crippen molar-refractivity contribution in [3.8, 4) is 11.5 Å². The van der Waals surface area contributed by atoms with Gasteiger partial charge in [0.25, 0.3) is 0 Å². The molecule has 0 unspecified atom stereocenters. The van der Waals surface area contributed by atoms with E-state index in [0.29, 0.717) is 34.3 Å². The Bertz CT molecular complexity index is 1060. The first kappa shape index (κ1) is 20.0. The number of hydrogen-bond donors (Lipinski definition) is 1. The lowest BCUT2D eigenvalue weighted by Gasteiger charge is -2.11. The maximum absolute atomic E-state index is 12.2. The second kappa shape index (κ2) is 8.95. The third kappa shape index (κ3) is 4.55. The highest BCUT2D eigenvalue weighted by molar-refractivity contribution is 9.10. The van der Waals surface area contributed by atoms with Crippen molar-refractivity contribution in [3.63, 3.8) is 0 Å². The highest BCUT2D eigenvalue weighted by Gasteiger charge is 2.13. The van der Waals surface area contributed by atoms with Crippen LogP contribution in [-0.2, 0) is 0 Å². The summed E-state index contributed by atoms with van der Waals surface area (Å²) in [7, 11) is 1.51. The number of amides is 1. The molecule has 144 valence electrons. The Morgan fingerprint density at radius 1 is 1.36 bits per heavy atom. The summed E-state index contributed by atoms with van der Waals surface area (Å²) < 4.78 is 17.2. The molecule has 2 aromatic carbocycles. The number of ether oxygens (including phenoxy) is 2. The molecule has 0 radical (unpaired) electrons. The van der Waals surface area contributed by atoms with E-state index < -0.39 is 5.91 Å². The minimum atomic E-state index is -0.465. The summed E-state index contributed by atoms with van der Waals surface area (Å²) in [5.74, 6) is 0.560. The fourth-order valence-electron chi connectivity index (χ4n) is 2.44. The second-order valence-corrected chi connectivity index (χ2v) is 6.95. The number of methoxy groups -OCH3 is 1. The summed E-state index contributed by atoms with van der Waals surface area (Å²) >= 11 is 9.62. The quantitative estimate of drug-likeness (QED) is 0.297. The zero-order valence-electron chi connectivity index (χ0n) is 14.9. The topological polar surface area (TPSA) is 73.1 Å². The van der Waals surface area contributed by atoms with Gasteiger partial charge in [-0.2, -0.15) is 5.10 Å². The first-order valence-electron chi connectivity index (χ1n) is 8.15. The van der Waals surface area contributed by atoms with Crippen molar-refractivity contribution in [2.45, 2.75) is 0 Å². The molecular formula is C20H16BrClN2O4. The smallest absolute Gasteiger partial charge is 0.307 e. The first-order chi connectivity index (χ1) is 13.5. The molecule has 0 fully saturated rings. The second-order valence-electron chi connectivity index (χ2n) is 5.63. The number of nitrogens with zero attached hydrogens (tertiary/aromatic N) is 1. The minimum absolute atomic E-state index is 0.161. The van der Waals surface area contributed by atoms with Crippen LogP contribution in [0.5, 0.6) is 11.5 Å². The maximum atomic E-state index is 12.2. The van der Waals surface area contributed by atoms with E-state index >= 15 is 0 Å². The largest absolute Gasteiger partial charge is 0.493 e. The SMILES string of the molecule is C=CCOc1c(Cl)cc(/C=N/NC(=O)c2cc3cc(Br)ccc3o2)cc1OC. The van der Waals surface area contributed by atoms with Crippen molar-refractivity contribution in [2.24, 2.45) is 5.10 Å². The number of rotatable bonds is 7. The number of fused-ring (bicyclic) bond motifs is 1. The Kier molecular flexibility index (Phi) is 6.38. The molecule has 1 heterocycles. The first-order valence-corrected chi connectivity index (χ1v) is 9.32. The van der Waals surface area contributed by atoms with Crippen molar-refractivity contribution in [2.75, 3.05) is 13.7 Å².